The van der Waals surface area contributed by atoms with Gasteiger partial charge in [-0.3, -0.25) is 9.05 Å². The topological polar surface area (TPSA) is 400 Å². The zero-order valence-corrected chi connectivity index (χ0v) is 31.7. The van der Waals surface area contributed by atoms with Crippen LogP contribution in [0.15, 0.2) is 0 Å². The van der Waals surface area contributed by atoms with Gasteiger partial charge in [-0.1, -0.05) is 12.8 Å². The Morgan fingerprint density at radius 3 is 1.66 bits per heavy atom. The van der Waals surface area contributed by atoms with Crippen LogP contribution in [0.3, 0.4) is 0 Å². The van der Waals surface area contributed by atoms with E-state index < -0.39 is 156 Å². The number of aliphatic hydroxyl groups is 13. The summed E-state index contributed by atoms with van der Waals surface area (Å²) >= 11 is 4.11. The van der Waals surface area contributed by atoms with Gasteiger partial charge in [-0.25, -0.2) is 4.57 Å². The van der Waals surface area contributed by atoms with Crippen molar-refractivity contribution in [1.82, 2.24) is 0 Å². The van der Waals surface area contributed by atoms with Gasteiger partial charge in [-0.2, -0.15) is 12.6 Å². The molecule has 1 unspecified atom stereocenters. The highest BCUT2D eigenvalue weighted by Gasteiger charge is 2.56. The minimum atomic E-state index is -5.02. The summed E-state index contributed by atoms with van der Waals surface area (Å²) in [6.45, 7) is -2.68. The summed E-state index contributed by atoms with van der Waals surface area (Å²) in [4.78, 5) is 10.4. The molecule has 24 nitrogen and oxygen atoms in total. The quantitative estimate of drug-likeness (QED) is 0.0346. The van der Waals surface area contributed by atoms with Gasteiger partial charge in [0.05, 0.1) is 32.5 Å². The molecule has 26 heteroatoms. The number of ether oxygens (including phenoxy) is 6. The molecule has 0 radical (unpaired) electrons. The number of thiol groups is 1. The van der Waals surface area contributed by atoms with Crippen molar-refractivity contribution in [2.75, 3.05) is 32.2 Å². The smallest absolute Gasteiger partial charge is 0.394 e. The van der Waals surface area contributed by atoms with Gasteiger partial charge >= 0.3 is 7.82 Å². The summed E-state index contributed by atoms with van der Waals surface area (Å²) in [5.74, 6) is 0.654. The van der Waals surface area contributed by atoms with E-state index in [0.717, 1.165) is 12.8 Å². The van der Waals surface area contributed by atoms with Crippen LogP contribution in [-0.2, 0) is 42.0 Å². The Morgan fingerprint density at radius 1 is 0.554 bits per heavy atom. The largest absolute Gasteiger partial charge is 0.472 e. The van der Waals surface area contributed by atoms with Gasteiger partial charge in [0.15, 0.2) is 18.9 Å². The van der Waals surface area contributed by atoms with E-state index in [1.165, 1.54) is 0 Å². The monoisotopic (exact) mass is 861 g/mol. The number of nitrogens with two attached hydrogens (primary N) is 1. The zero-order valence-electron chi connectivity index (χ0n) is 29.9. The first-order chi connectivity index (χ1) is 26.4. The zero-order chi connectivity index (χ0) is 41.6. The number of hydrogen-bond donors (Lipinski definition) is 16. The lowest BCUT2D eigenvalue weighted by atomic mass is 9.84. The van der Waals surface area contributed by atoms with E-state index in [1.807, 2.05) is 0 Å². The number of rotatable bonds is 18. The molecule has 4 fully saturated rings. The second-order valence-electron chi connectivity index (χ2n) is 14.0. The van der Waals surface area contributed by atoms with E-state index in [9.17, 15) is 75.8 Å². The average Bonchev–Trinajstić information content (AvgIpc) is 3.17. The number of aliphatic hydroxyl groups excluding tert-OH is 13. The second kappa shape index (κ2) is 21.4. The van der Waals surface area contributed by atoms with Crippen molar-refractivity contribution < 1.29 is 113 Å². The van der Waals surface area contributed by atoms with Crippen molar-refractivity contribution in [1.29, 1.82) is 0 Å². The molecule has 3 aliphatic heterocycles. The molecule has 22 atom stereocenters. The molecule has 4 aliphatic rings. The summed E-state index contributed by atoms with van der Waals surface area (Å²) in [6.07, 6.45) is -34.7. The van der Waals surface area contributed by atoms with Crippen molar-refractivity contribution >= 4 is 20.5 Å². The Hall–Kier alpha value is -0.340. The Morgan fingerprint density at radius 2 is 1.05 bits per heavy atom. The van der Waals surface area contributed by atoms with Crippen molar-refractivity contribution in [3.8, 4) is 0 Å². The molecule has 0 bridgehead atoms. The molecule has 0 aromatic rings. The molecular formula is C30H56NO23PS. The van der Waals surface area contributed by atoms with Gasteiger partial charge < -0.3 is 105 Å². The first kappa shape index (κ1) is 48.3. The second-order valence-corrected chi connectivity index (χ2v) is 15.9. The molecule has 1 saturated carbocycles. The summed E-state index contributed by atoms with van der Waals surface area (Å²) in [5, 5.41) is 135. The minimum Gasteiger partial charge on any atom is -0.394 e. The normalized spacial score (nSPS) is 47.4. The van der Waals surface area contributed by atoms with E-state index in [-0.39, 0.29) is 6.61 Å². The van der Waals surface area contributed by atoms with Gasteiger partial charge in [0.1, 0.15) is 104 Å². The first-order valence-corrected chi connectivity index (χ1v) is 20.1. The van der Waals surface area contributed by atoms with Crippen LogP contribution in [0.25, 0.3) is 0 Å². The lowest BCUT2D eigenvalue weighted by molar-refractivity contribution is -0.362. The third-order valence-electron chi connectivity index (χ3n) is 10.0. The SMILES string of the molecule is N[C@H]1[C@@H](O[C@@H]2[C@@H](O)[C@H](O)[C@@H](O)[C@@H](O)[C@H]2OP(=O)(O)OCCCCCCS)O[C@H](CO)[C@@H](O[C@H]2O[C@H](CO[C@H]3O[C@H](CO)[C@@H](O)[C@H](O)[C@@H]3O)[C@@H](O)[C@H](O)[C@@H]2O)[C@@H]1O. The Kier molecular flexibility index (Phi) is 18.5. The summed E-state index contributed by atoms with van der Waals surface area (Å²) < 4.78 is 56.1. The fourth-order valence-electron chi connectivity index (χ4n) is 6.64. The fraction of sp³-hybridized carbons (Fsp3) is 1.00. The third kappa shape index (κ3) is 11.3. The van der Waals surface area contributed by atoms with Crippen LogP contribution in [0.5, 0.6) is 0 Å². The summed E-state index contributed by atoms with van der Waals surface area (Å²) in [5.41, 5.74) is 6.18. The highest BCUT2D eigenvalue weighted by Crippen LogP contribution is 2.48. The molecule has 16 N–H and O–H groups in total. The molecule has 0 amide bonds. The molecule has 3 saturated heterocycles. The van der Waals surface area contributed by atoms with Crippen molar-refractivity contribution in [3.63, 3.8) is 0 Å². The molecule has 0 aromatic carbocycles. The summed E-state index contributed by atoms with van der Waals surface area (Å²) in [6, 6.07) is -1.70. The number of phosphoric ester groups is 1. The van der Waals surface area contributed by atoms with Crippen LogP contribution in [-0.4, -0.2) is 232 Å². The standard InChI is InChI=1S/C30H56NO23PS/c31-13-16(36)25(52-30-24(44)18(38)15(35)12(51-30)9-47-29-23(43)17(37)14(34)10(7-32)49-29)11(8-33)50-28(13)53-26-21(41)19(39)20(40)22(42)27(26)54-55(45,46)48-5-3-1-2-4-6-56/h10-30,32-44,56H,1-9,31H2,(H,45,46)/t10-,11-,12-,13-,14-,15-,16-,17+,18+,19-,20-,21+,22-,23+,24+,25-,26-,27-,28-,29+,30-/m1/s1. The molecule has 3 heterocycles. The van der Waals surface area contributed by atoms with E-state index in [1.54, 1.807) is 0 Å². The Balaban J connectivity index is 1.43. The van der Waals surface area contributed by atoms with Crippen LogP contribution >= 0.6 is 20.5 Å². The van der Waals surface area contributed by atoms with Crippen LogP contribution in [0.2, 0.25) is 0 Å². The van der Waals surface area contributed by atoms with Crippen molar-refractivity contribution in [3.05, 3.63) is 0 Å². The number of unbranched alkanes of at least 4 members (excludes halogenated alkanes) is 3. The van der Waals surface area contributed by atoms with Gasteiger partial charge in [0.25, 0.3) is 0 Å². The average molecular weight is 862 g/mol. The van der Waals surface area contributed by atoms with Crippen LogP contribution in [0, 0.1) is 0 Å². The maximum Gasteiger partial charge on any atom is 0.472 e. The van der Waals surface area contributed by atoms with Crippen molar-refractivity contribution in [2.45, 2.75) is 154 Å². The fourth-order valence-corrected chi connectivity index (χ4v) is 7.84. The van der Waals surface area contributed by atoms with Gasteiger partial charge in [-0.05, 0) is 18.6 Å². The molecule has 0 aromatic heterocycles. The maximum atomic E-state index is 12.8. The summed E-state index contributed by atoms with van der Waals surface area (Å²) in [7, 11) is -5.02. The molecule has 0 spiro atoms. The van der Waals surface area contributed by atoms with Gasteiger partial charge in [0, 0.05) is 0 Å². The van der Waals surface area contributed by atoms with Gasteiger partial charge in [0.2, 0.25) is 0 Å². The lowest BCUT2D eigenvalue weighted by Gasteiger charge is -2.49. The Labute approximate surface area is 325 Å². The third-order valence-corrected chi connectivity index (χ3v) is 11.4. The highest BCUT2D eigenvalue weighted by molar-refractivity contribution is 7.80. The van der Waals surface area contributed by atoms with Gasteiger partial charge in [-0.15, -0.1) is 0 Å². The predicted octanol–water partition coefficient (Wildman–Crippen LogP) is -7.76. The minimum absolute atomic E-state index is 0.244. The Bertz CT molecular complexity index is 1230. The lowest BCUT2D eigenvalue weighted by Crippen LogP contribution is -2.69. The van der Waals surface area contributed by atoms with Crippen LogP contribution in [0.1, 0.15) is 25.7 Å². The number of phosphoric acid groups is 1. The number of hydrogen-bond acceptors (Lipinski definition) is 24. The van der Waals surface area contributed by atoms with Crippen molar-refractivity contribution in [2.24, 2.45) is 5.73 Å². The van der Waals surface area contributed by atoms with E-state index in [0.29, 0.717) is 18.6 Å². The van der Waals surface area contributed by atoms with Crippen LogP contribution < -0.4 is 5.73 Å². The van der Waals surface area contributed by atoms with E-state index in [4.69, 9.17) is 43.2 Å². The van der Waals surface area contributed by atoms with E-state index >= 15 is 0 Å². The van der Waals surface area contributed by atoms with E-state index in [2.05, 4.69) is 12.6 Å². The molecule has 1 aliphatic carbocycles. The maximum absolute atomic E-state index is 12.8. The molecule has 4 rings (SSSR count). The van der Waals surface area contributed by atoms with Crippen LogP contribution in [0.4, 0.5) is 0 Å². The molecule has 56 heavy (non-hydrogen) atoms. The molecule has 330 valence electrons. The highest BCUT2D eigenvalue weighted by atomic mass is 32.1. The predicted molar refractivity (Wildman–Crippen MR) is 183 cm³/mol. The first-order valence-electron chi connectivity index (χ1n) is 18.0. The molecular weight excluding hydrogens is 805 g/mol.